The summed E-state index contributed by atoms with van der Waals surface area (Å²) in [4.78, 5) is 12.1. The minimum absolute atomic E-state index is 0.0491. The maximum atomic E-state index is 12.1. The molecule has 0 aliphatic heterocycles. The van der Waals surface area contributed by atoms with Crippen molar-refractivity contribution in [3.05, 3.63) is 51.7 Å². The van der Waals surface area contributed by atoms with E-state index in [9.17, 15) is 4.79 Å². The van der Waals surface area contributed by atoms with Crippen molar-refractivity contribution < 1.29 is 14.0 Å². The van der Waals surface area contributed by atoms with E-state index in [0.717, 1.165) is 17.0 Å². The fourth-order valence-electron chi connectivity index (χ4n) is 2.19. The van der Waals surface area contributed by atoms with Crippen molar-refractivity contribution in [3.63, 3.8) is 0 Å². The van der Waals surface area contributed by atoms with Crippen molar-refractivity contribution in [3.8, 4) is 11.5 Å². The maximum Gasteiger partial charge on any atom is 0.498 e. The largest absolute Gasteiger partial charge is 0.498 e. The Kier molecular flexibility index (Phi) is 4.65. The van der Waals surface area contributed by atoms with E-state index in [1.807, 2.05) is 43.3 Å². The first-order valence-electron chi connectivity index (χ1n) is 6.94. The average molecular weight is 301 g/mol. The van der Waals surface area contributed by atoms with Crippen LogP contribution in [-0.2, 0) is 14.1 Å². The monoisotopic (exact) mass is 301 g/mol. The summed E-state index contributed by atoms with van der Waals surface area (Å²) in [6.45, 7) is 1.91. The van der Waals surface area contributed by atoms with Crippen molar-refractivity contribution in [2.75, 3.05) is 14.2 Å². The van der Waals surface area contributed by atoms with E-state index in [-0.39, 0.29) is 5.69 Å². The Morgan fingerprint density at radius 2 is 1.77 bits per heavy atom. The lowest BCUT2D eigenvalue weighted by Gasteiger charge is -2.07. The number of benzene rings is 1. The molecule has 0 N–H and O–H groups in total. The van der Waals surface area contributed by atoms with Gasteiger partial charge in [-0.2, -0.15) is 13.9 Å². The molecule has 5 nitrogen and oxygen atoms in total. The van der Waals surface area contributed by atoms with E-state index in [1.54, 1.807) is 37.4 Å². The first kappa shape index (κ1) is 15.8. The molecule has 2 rings (SSSR count). The molecule has 1 heterocycles. The predicted molar refractivity (Wildman–Crippen MR) is 86.1 cm³/mol. The summed E-state index contributed by atoms with van der Waals surface area (Å²) in [7, 11) is 6.74. The Hall–Kier alpha value is -2.56. The SMILES string of the molecule is COc1ccc(C=Cc2cc(C)n(C)c(=O)[n+]2C)cc1OC. The summed E-state index contributed by atoms with van der Waals surface area (Å²) in [5.74, 6) is 1.36. The highest BCUT2D eigenvalue weighted by Crippen LogP contribution is 2.28. The van der Waals surface area contributed by atoms with Crippen LogP contribution in [0.2, 0.25) is 0 Å². The number of aromatic nitrogens is 2. The molecular formula is C17H21N2O3+. The first-order chi connectivity index (χ1) is 10.5. The molecular weight excluding hydrogens is 280 g/mol. The Labute approximate surface area is 130 Å². The molecule has 0 amide bonds. The fourth-order valence-corrected chi connectivity index (χ4v) is 2.19. The lowest BCUT2D eigenvalue weighted by molar-refractivity contribution is -0.692. The van der Waals surface area contributed by atoms with E-state index in [2.05, 4.69) is 0 Å². The minimum atomic E-state index is -0.0491. The molecule has 0 aliphatic rings. The summed E-state index contributed by atoms with van der Waals surface area (Å²) in [5, 5.41) is 0. The van der Waals surface area contributed by atoms with Crippen LogP contribution in [0.15, 0.2) is 29.1 Å². The molecule has 0 fully saturated rings. The molecule has 0 saturated carbocycles. The zero-order valence-corrected chi connectivity index (χ0v) is 13.6. The molecule has 0 aliphatic carbocycles. The second-order valence-corrected chi connectivity index (χ2v) is 5.06. The summed E-state index contributed by atoms with van der Waals surface area (Å²) >= 11 is 0. The van der Waals surface area contributed by atoms with E-state index < -0.39 is 0 Å². The summed E-state index contributed by atoms with van der Waals surface area (Å²) in [6, 6.07) is 7.65. The highest BCUT2D eigenvalue weighted by molar-refractivity contribution is 5.68. The van der Waals surface area contributed by atoms with Gasteiger partial charge in [0.2, 0.25) is 0 Å². The van der Waals surface area contributed by atoms with Gasteiger partial charge in [0.25, 0.3) is 0 Å². The van der Waals surface area contributed by atoms with E-state index in [4.69, 9.17) is 9.47 Å². The summed E-state index contributed by atoms with van der Waals surface area (Å²) < 4.78 is 13.7. The van der Waals surface area contributed by atoms with Gasteiger partial charge in [0.1, 0.15) is 11.4 Å². The second kappa shape index (κ2) is 6.47. The van der Waals surface area contributed by atoms with Crippen LogP contribution in [0.5, 0.6) is 11.5 Å². The van der Waals surface area contributed by atoms with Crippen LogP contribution in [-0.4, -0.2) is 18.8 Å². The lowest BCUT2D eigenvalue weighted by Crippen LogP contribution is -2.53. The zero-order chi connectivity index (χ0) is 16.3. The topological polar surface area (TPSA) is 44.3 Å². The number of aryl methyl sites for hydroxylation is 1. The van der Waals surface area contributed by atoms with Gasteiger partial charge in [-0.05, 0) is 30.7 Å². The van der Waals surface area contributed by atoms with Crippen molar-refractivity contribution in [1.29, 1.82) is 0 Å². The number of hydrogen-bond donors (Lipinski definition) is 0. The second-order valence-electron chi connectivity index (χ2n) is 5.06. The van der Waals surface area contributed by atoms with Gasteiger partial charge >= 0.3 is 5.69 Å². The summed E-state index contributed by atoms with van der Waals surface area (Å²) in [5.41, 5.74) is 2.67. The minimum Gasteiger partial charge on any atom is -0.493 e. The molecule has 2 aromatic rings. The van der Waals surface area contributed by atoms with Crippen LogP contribution < -0.4 is 19.7 Å². The van der Waals surface area contributed by atoms with Gasteiger partial charge in [-0.15, -0.1) is 0 Å². The molecule has 0 saturated heterocycles. The van der Waals surface area contributed by atoms with Gasteiger partial charge in [-0.3, -0.25) is 0 Å². The van der Waals surface area contributed by atoms with E-state index in [0.29, 0.717) is 11.5 Å². The number of rotatable bonds is 4. The van der Waals surface area contributed by atoms with Gasteiger partial charge in [0, 0.05) is 6.07 Å². The molecule has 1 aromatic heterocycles. The van der Waals surface area contributed by atoms with Crippen LogP contribution in [0.3, 0.4) is 0 Å². The van der Waals surface area contributed by atoms with Gasteiger partial charge in [0.15, 0.2) is 11.5 Å². The molecule has 1 aromatic carbocycles. The number of hydrogen-bond acceptors (Lipinski definition) is 3. The highest BCUT2D eigenvalue weighted by atomic mass is 16.5. The van der Waals surface area contributed by atoms with Gasteiger partial charge in [-0.25, -0.2) is 0 Å². The van der Waals surface area contributed by atoms with Crippen molar-refractivity contribution in [1.82, 2.24) is 4.57 Å². The van der Waals surface area contributed by atoms with Gasteiger partial charge < -0.3 is 9.47 Å². The van der Waals surface area contributed by atoms with Gasteiger partial charge in [-0.1, -0.05) is 12.1 Å². The third-order valence-corrected chi connectivity index (χ3v) is 3.70. The smallest absolute Gasteiger partial charge is 0.493 e. The highest BCUT2D eigenvalue weighted by Gasteiger charge is 2.11. The number of ether oxygens (including phenoxy) is 2. The maximum absolute atomic E-state index is 12.1. The molecule has 5 heteroatoms. The predicted octanol–water partition coefficient (Wildman–Crippen LogP) is 1.71. The zero-order valence-electron chi connectivity index (χ0n) is 13.6. The lowest BCUT2D eigenvalue weighted by atomic mass is 10.1. The van der Waals surface area contributed by atoms with Crippen LogP contribution >= 0.6 is 0 Å². The molecule has 0 unspecified atom stereocenters. The van der Waals surface area contributed by atoms with E-state index >= 15 is 0 Å². The normalized spacial score (nSPS) is 11.0. The fraction of sp³-hybridized carbons (Fsp3) is 0.294. The Balaban J connectivity index is 2.39. The third-order valence-electron chi connectivity index (χ3n) is 3.70. The Morgan fingerprint density at radius 1 is 1.09 bits per heavy atom. The first-order valence-corrected chi connectivity index (χ1v) is 6.94. The van der Waals surface area contributed by atoms with Crippen molar-refractivity contribution in [2.24, 2.45) is 14.1 Å². The van der Waals surface area contributed by atoms with E-state index in [1.165, 1.54) is 0 Å². The van der Waals surface area contributed by atoms with Crippen molar-refractivity contribution in [2.45, 2.75) is 6.92 Å². The molecule has 0 bridgehead atoms. The van der Waals surface area contributed by atoms with Crippen LogP contribution in [0.1, 0.15) is 17.0 Å². The van der Waals surface area contributed by atoms with Crippen molar-refractivity contribution >= 4 is 12.2 Å². The average Bonchev–Trinajstić information content (AvgIpc) is 2.54. The molecule has 0 atom stereocenters. The van der Waals surface area contributed by atoms with Crippen LogP contribution in [0, 0.1) is 6.92 Å². The molecule has 0 spiro atoms. The Bertz CT molecular complexity index is 776. The van der Waals surface area contributed by atoms with Crippen LogP contribution in [0.4, 0.5) is 0 Å². The summed E-state index contributed by atoms with van der Waals surface area (Å²) in [6.07, 6.45) is 3.85. The number of nitrogens with zero attached hydrogens (tertiary/aromatic N) is 2. The molecule has 0 radical (unpaired) electrons. The quantitative estimate of drug-likeness (QED) is 0.808. The van der Waals surface area contributed by atoms with Crippen LogP contribution in [0.25, 0.3) is 12.2 Å². The Morgan fingerprint density at radius 3 is 2.41 bits per heavy atom. The van der Waals surface area contributed by atoms with Gasteiger partial charge in [0.05, 0.1) is 28.3 Å². The standard InChI is InChI=1S/C17H21N2O3/c1-12-10-14(19(3)17(20)18(12)2)8-6-13-7-9-15(21-4)16(11-13)22-5/h6-11H,1-5H3/q+1. The number of methoxy groups -OCH3 is 2. The molecule has 116 valence electrons. The molecule has 22 heavy (non-hydrogen) atoms. The third kappa shape index (κ3) is 3.03.